The van der Waals surface area contributed by atoms with Crippen LogP contribution in [0.2, 0.25) is 0 Å². The van der Waals surface area contributed by atoms with Crippen LogP contribution >= 0.6 is 0 Å². The lowest BCUT2D eigenvalue weighted by Crippen LogP contribution is -2.12. The first-order chi connectivity index (χ1) is 10.6. The zero-order valence-corrected chi connectivity index (χ0v) is 12.0. The zero-order chi connectivity index (χ0) is 15.5. The van der Waals surface area contributed by atoms with E-state index < -0.39 is 0 Å². The van der Waals surface area contributed by atoms with E-state index >= 15 is 0 Å². The largest absolute Gasteiger partial charge is 0.361 e. The lowest BCUT2D eigenvalue weighted by molar-refractivity contribution is -0.114. The van der Waals surface area contributed by atoms with E-state index in [0.29, 0.717) is 11.3 Å². The predicted octanol–water partition coefficient (Wildman–Crippen LogP) is 3.38. The number of amides is 2. The summed E-state index contributed by atoms with van der Waals surface area (Å²) in [6.07, 6.45) is 1.84. The number of anilines is 2. The van der Waals surface area contributed by atoms with E-state index in [2.05, 4.69) is 15.6 Å². The molecule has 2 amide bonds. The summed E-state index contributed by atoms with van der Waals surface area (Å²) < 4.78 is 0. The molecule has 1 heterocycles. The van der Waals surface area contributed by atoms with E-state index in [4.69, 9.17) is 0 Å². The summed E-state index contributed by atoms with van der Waals surface area (Å²) in [5.74, 6) is -0.334. The quantitative estimate of drug-likeness (QED) is 0.692. The monoisotopic (exact) mass is 293 g/mol. The molecule has 110 valence electrons. The van der Waals surface area contributed by atoms with Gasteiger partial charge in [-0.2, -0.15) is 0 Å². The minimum absolute atomic E-state index is 0.142. The molecule has 22 heavy (non-hydrogen) atoms. The number of carbonyl (C=O) groups excluding carboxylic acids is 2. The number of hydrogen-bond donors (Lipinski definition) is 3. The average Bonchev–Trinajstić information content (AvgIpc) is 2.97. The van der Waals surface area contributed by atoms with Gasteiger partial charge in [-0.05, 0) is 42.5 Å². The third kappa shape index (κ3) is 2.83. The molecule has 3 aromatic rings. The number of fused-ring (bicyclic) bond motifs is 1. The number of nitrogens with one attached hydrogen (secondary N) is 3. The molecular formula is C17H15N3O2. The first kappa shape index (κ1) is 13.9. The first-order valence-electron chi connectivity index (χ1n) is 6.88. The number of benzene rings is 2. The van der Waals surface area contributed by atoms with Crippen molar-refractivity contribution in [3.8, 4) is 0 Å². The van der Waals surface area contributed by atoms with Gasteiger partial charge in [0.25, 0.3) is 5.91 Å². The van der Waals surface area contributed by atoms with Crippen molar-refractivity contribution in [1.29, 1.82) is 0 Å². The van der Waals surface area contributed by atoms with Crippen LogP contribution in [0.3, 0.4) is 0 Å². The SMILES string of the molecule is CC(=O)Nc1ccc(C(=O)Nc2cccc3[nH]ccc23)cc1. The van der Waals surface area contributed by atoms with Crippen molar-refractivity contribution in [3.63, 3.8) is 0 Å². The van der Waals surface area contributed by atoms with Gasteiger partial charge in [-0.3, -0.25) is 9.59 Å². The molecule has 1 aromatic heterocycles. The molecule has 0 bridgehead atoms. The van der Waals surface area contributed by atoms with Crippen LogP contribution in [0.15, 0.2) is 54.7 Å². The molecule has 5 heteroatoms. The van der Waals surface area contributed by atoms with Crippen LogP contribution < -0.4 is 10.6 Å². The predicted molar refractivity (Wildman–Crippen MR) is 87.0 cm³/mol. The number of aromatic amines is 1. The molecule has 0 spiro atoms. The number of rotatable bonds is 3. The third-order valence-corrected chi connectivity index (χ3v) is 3.31. The van der Waals surface area contributed by atoms with Crippen LogP contribution in [0.5, 0.6) is 0 Å². The van der Waals surface area contributed by atoms with Gasteiger partial charge in [-0.1, -0.05) is 6.07 Å². The van der Waals surface area contributed by atoms with Gasteiger partial charge < -0.3 is 15.6 Å². The summed E-state index contributed by atoms with van der Waals surface area (Å²) in [5.41, 5.74) is 2.92. The Balaban J connectivity index is 1.79. The number of aromatic nitrogens is 1. The highest BCUT2D eigenvalue weighted by molar-refractivity contribution is 6.09. The van der Waals surface area contributed by atoms with Gasteiger partial charge in [0.1, 0.15) is 0 Å². The molecule has 0 unspecified atom stereocenters. The van der Waals surface area contributed by atoms with Crippen LogP contribution in [0.4, 0.5) is 11.4 Å². The van der Waals surface area contributed by atoms with Crippen molar-refractivity contribution in [2.75, 3.05) is 10.6 Å². The second kappa shape index (κ2) is 5.73. The highest BCUT2D eigenvalue weighted by Gasteiger charge is 2.09. The molecule has 5 nitrogen and oxygen atoms in total. The zero-order valence-electron chi connectivity index (χ0n) is 12.0. The second-order valence-corrected chi connectivity index (χ2v) is 4.96. The normalized spacial score (nSPS) is 10.4. The van der Waals surface area contributed by atoms with Crippen LogP contribution in [0, 0.1) is 0 Å². The molecule has 0 aliphatic heterocycles. The van der Waals surface area contributed by atoms with Crippen molar-refractivity contribution in [1.82, 2.24) is 4.98 Å². The molecule has 0 radical (unpaired) electrons. The standard InChI is InChI=1S/C17H15N3O2/c1-11(21)19-13-7-5-12(6-8-13)17(22)20-16-4-2-3-15-14(16)9-10-18-15/h2-10,18H,1H3,(H,19,21)(H,20,22). The van der Waals surface area contributed by atoms with Gasteiger partial charge in [-0.15, -0.1) is 0 Å². The molecule has 0 aliphatic rings. The number of hydrogen-bond acceptors (Lipinski definition) is 2. The highest BCUT2D eigenvalue weighted by Crippen LogP contribution is 2.23. The van der Waals surface area contributed by atoms with E-state index in [-0.39, 0.29) is 11.8 Å². The summed E-state index contributed by atoms with van der Waals surface area (Å²) in [7, 11) is 0. The molecule has 0 atom stereocenters. The van der Waals surface area contributed by atoms with Crippen molar-refractivity contribution in [2.45, 2.75) is 6.92 Å². The smallest absolute Gasteiger partial charge is 0.255 e. The van der Waals surface area contributed by atoms with Crippen molar-refractivity contribution >= 4 is 34.1 Å². The minimum atomic E-state index is -0.192. The van der Waals surface area contributed by atoms with Gasteiger partial charge in [0, 0.05) is 35.3 Å². The Hall–Kier alpha value is -3.08. The van der Waals surface area contributed by atoms with Crippen LogP contribution in [0.1, 0.15) is 17.3 Å². The fourth-order valence-corrected chi connectivity index (χ4v) is 2.30. The minimum Gasteiger partial charge on any atom is -0.361 e. The first-order valence-corrected chi connectivity index (χ1v) is 6.88. The molecule has 3 rings (SSSR count). The lowest BCUT2D eigenvalue weighted by Gasteiger charge is -2.08. The Morgan fingerprint density at radius 3 is 2.45 bits per heavy atom. The maximum Gasteiger partial charge on any atom is 0.255 e. The van der Waals surface area contributed by atoms with Gasteiger partial charge in [-0.25, -0.2) is 0 Å². The Kier molecular flexibility index (Phi) is 3.62. The van der Waals surface area contributed by atoms with E-state index in [1.807, 2.05) is 30.5 Å². The lowest BCUT2D eigenvalue weighted by atomic mass is 10.1. The van der Waals surface area contributed by atoms with Crippen LogP contribution in [0.25, 0.3) is 10.9 Å². The Bertz CT molecular complexity index is 834. The molecule has 0 saturated carbocycles. The molecule has 0 fully saturated rings. The summed E-state index contributed by atoms with van der Waals surface area (Å²) >= 11 is 0. The topological polar surface area (TPSA) is 74.0 Å². The van der Waals surface area contributed by atoms with Gasteiger partial charge >= 0.3 is 0 Å². The molecule has 0 aliphatic carbocycles. The molecule has 3 N–H and O–H groups in total. The van der Waals surface area contributed by atoms with E-state index in [1.165, 1.54) is 6.92 Å². The van der Waals surface area contributed by atoms with Crippen LogP contribution in [-0.2, 0) is 4.79 Å². The molecule has 0 saturated heterocycles. The van der Waals surface area contributed by atoms with Gasteiger partial charge in [0.15, 0.2) is 0 Å². The summed E-state index contributed by atoms with van der Waals surface area (Å²) in [6, 6.07) is 14.4. The van der Waals surface area contributed by atoms with Gasteiger partial charge in [0.05, 0.1) is 5.69 Å². The second-order valence-electron chi connectivity index (χ2n) is 4.96. The maximum atomic E-state index is 12.3. The highest BCUT2D eigenvalue weighted by atomic mass is 16.2. The van der Waals surface area contributed by atoms with E-state index in [9.17, 15) is 9.59 Å². The van der Waals surface area contributed by atoms with E-state index in [0.717, 1.165) is 16.6 Å². The summed E-state index contributed by atoms with van der Waals surface area (Å²) in [6.45, 7) is 1.44. The summed E-state index contributed by atoms with van der Waals surface area (Å²) in [5, 5.41) is 6.53. The summed E-state index contributed by atoms with van der Waals surface area (Å²) in [4.78, 5) is 26.4. The third-order valence-electron chi connectivity index (χ3n) is 3.31. The maximum absolute atomic E-state index is 12.3. The molecule has 2 aromatic carbocycles. The fraction of sp³-hybridized carbons (Fsp3) is 0.0588. The van der Waals surface area contributed by atoms with E-state index in [1.54, 1.807) is 24.3 Å². The van der Waals surface area contributed by atoms with Crippen molar-refractivity contribution in [3.05, 3.63) is 60.3 Å². The Morgan fingerprint density at radius 2 is 1.73 bits per heavy atom. The fourth-order valence-electron chi connectivity index (χ4n) is 2.30. The Labute approximate surface area is 127 Å². The molecular weight excluding hydrogens is 278 g/mol. The number of carbonyl (C=O) groups is 2. The van der Waals surface area contributed by atoms with Gasteiger partial charge in [0.2, 0.25) is 5.91 Å². The number of H-pyrrole nitrogens is 1. The van der Waals surface area contributed by atoms with Crippen molar-refractivity contribution in [2.24, 2.45) is 0 Å². The Morgan fingerprint density at radius 1 is 0.955 bits per heavy atom. The van der Waals surface area contributed by atoms with Crippen LogP contribution in [-0.4, -0.2) is 16.8 Å². The average molecular weight is 293 g/mol. The van der Waals surface area contributed by atoms with Crippen molar-refractivity contribution < 1.29 is 9.59 Å².